The van der Waals surface area contributed by atoms with Crippen LogP contribution in [0, 0.1) is 0 Å². The second-order valence-corrected chi connectivity index (χ2v) is 5.47. The first-order chi connectivity index (χ1) is 8.52. The molecule has 0 aromatic heterocycles. The lowest BCUT2D eigenvalue weighted by Gasteiger charge is -2.43. The van der Waals surface area contributed by atoms with Crippen molar-refractivity contribution in [3.63, 3.8) is 0 Å². The van der Waals surface area contributed by atoms with Gasteiger partial charge in [0.25, 0.3) is 0 Å². The van der Waals surface area contributed by atoms with Crippen LogP contribution < -0.4 is 0 Å². The minimum atomic E-state index is -2.00. The molecule has 1 aliphatic heterocycles. The van der Waals surface area contributed by atoms with Gasteiger partial charge in [-0.3, -0.25) is 0 Å². The van der Waals surface area contributed by atoms with E-state index < -0.39 is 41.8 Å². The second-order valence-electron chi connectivity index (χ2n) is 5.47. The van der Waals surface area contributed by atoms with Gasteiger partial charge in [-0.05, 0) is 27.7 Å². The summed E-state index contributed by atoms with van der Waals surface area (Å²) in [6.07, 6.45) is -2.72. The summed E-state index contributed by atoms with van der Waals surface area (Å²) in [5.74, 6) is -2.04. The van der Waals surface area contributed by atoms with E-state index in [0.717, 1.165) is 7.11 Å². The number of ether oxygens (including phenoxy) is 3. The lowest BCUT2D eigenvalue weighted by atomic mass is 9.77. The average Bonchev–Trinajstić information content (AvgIpc) is 2.58. The van der Waals surface area contributed by atoms with Crippen molar-refractivity contribution in [1.29, 1.82) is 0 Å². The van der Waals surface area contributed by atoms with Crippen LogP contribution in [0.25, 0.3) is 0 Å². The topological polar surface area (TPSA) is 105 Å². The number of methoxy groups -OCH3 is 1. The summed E-state index contributed by atoms with van der Waals surface area (Å²) in [6, 6.07) is 0. The van der Waals surface area contributed by atoms with Gasteiger partial charge in [0, 0.05) is 0 Å². The molecule has 7 heteroatoms. The smallest absolute Gasteiger partial charge is 0.337 e. The molecule has 0 amide bonds. The van der Waals surface area contributed by atoms with Gasteiger partial charge in [-0.1, -0.05) is 0 Å². The lowest BCUT2D eigenvalue weighted by molar-refractivity contribution is -0.233. The second kappa shape index (κ2) is 4.99. The van der Waals surface area contributed by atoms with E-state index in [1.54, 1.807) is 13.8 Å². The zero-order chi connectivity index (χ0) is 15.1. The number of rotatable bonds is 4. The zero-order valence-corrected chi connectivity index (χ0v) is 11.8. The van der Waals surface area contributed by atoms with Gasteiger partial charge in [-0.15, -0.1) is 0 Å². The Bertz CT molecular complexity index is 352. The summed E-state index contributed by atoms with van der Waals surface area (Å²) in [6.45, 7) is 5.50. The molecule has 1 saturated heterocycles. The molecule has 4 atom stereocenters. The number of hydrogen-bond donors (Lipinski definition) is 3. The van der Waals surface area contributed by atoms with Crippen LogP contribution in [0.4, 0.5) is 0 Å². The summed E-state index contributed by atoms with van der Waals surface area (Å²) in [5.41, 5.74) is -3.47. The Kier molecular flexibility index (Phi) is 4.29. The molecule has 1 fully saturated rings. The Morgan fingerprint density at radius 1 is 1.47 bits per heavy atom. The summed E-state index contributed by atoms with van der Waals surface area (Å²) in [7, 11) is 1.10. The molecular weight excluding hydrogens is 256 g/mol. The monoisotopic (exact) mass is 278 g/mol. The average molecular weight is 278 g/mol. The van der Waals surface area contributed by atoms with Crippen LogP contribution >= 0.6 is 0 Å². The molecule has 19 heavy (non-hydrogen) atoms. The molecule has 1 aliphatic rings. The minimum absolute atomic E-state index is 0.427. The molecule has 0 saturated carbocycles. The third kappa shape index (κ3) is 2.61. The Labute approximate surface area is 112 Å². The van der Waals surface area contributed by atoms with Gasteiger partial charge in [0.15, 0.2) is 11.9 Å². The summed E-state index contributed by atoms with van der Waals surface area (Å²) >= 11 is 0. The number of carbonyl (C=O) groups excluding carboxylic acids is 1. The Morgan fingerprint density at radius 3 is 2.42 bits per heavy atom. The normalized spacial score (nSPS) is 34.6. The third-order valence-electron chi connectivity index (χ3n) is 3.63. The molecule has 112 valence electrons. The van der Waals surface area contributed by atoms with Crippen LogP contribution in [-0.4, -0.2) is 64.2 Å². The van der Waals surface area contributed by atoms with Gasteiger partial charge >= 0.3 is 5.97 Å². The lowest BCUT2D eigenvalue weighted by Crippen LogP contribution is -2.65. The summed E-state index contributed by atoms with van der Waals surface area (Å²) in [4.78, 5) is 11.4. The van der Waals surface area contributed by atoms with Gasteiger partial charge in [0.05, 0.1) is 13.7 Å². The molecule has 7 nitrogen and oxygen atoms in total. The standard InChI is InChI=1S/C12H22O7/c1-10(2)18-7(6-13)12(4,19-10)11(3,16)8(14)9(15)17-5/h7-8,13-14,16H,6H2,1-5H3/t7-,8+,11+,12-/m1/s1. The van der Waals surface area contributed by atoms with E-state index in [4.69, 9.17) is 9.47 Å². The van der Waals surface area contributed by atoms with E-state index in [9.17, 15) is 20.1 Å². The molecule has 0 spiro atoms. The van der Waals surface area contributed by atoms with E-state index in [0.29, 0.717) is 0 Å². The highest BCUT2D eigenvalue weighted by molar-refractivity contribution is 5.76. The van der Waals surface area contributed by atoms with Crippen LogP contribution in [0.5, 0.6) is 0 Å². The van der Waals surface area contributed by atoms with Crippen LogP contribution in [0.1, 0.15) is 27.7 Å². The van der Waals surface area contributed by atoms with E-state index in [2.05, 4.69) is 4.74 Å². The molecule has 1 heterocycles. The van der Waals surface area contributed by atoms with E-state index in [1.807, 2.05) is 0 Å². The fourth-order valence-electron chi connectivity index (χ4n) is 2.31. The predicted octanol–water partition coefficient (Wildman–Crippen LogP) is -0.826. The van der Waals surface area contributed by atoms with Crippen molar-refractivity contribution in [2.75, 3.05) is 13.7 Å². The molecule has 0 aromatic rings. The Balaban J connectivity index is 3.13. The fourth-order valence-corrected chi connectivity index (χ4v) is 2.31. The fraction of sp³-hybridized carbons (Fsp3) is 0.917. The van der Waals surface area contributed by atoms with Crippen molar-refractivity contribution in [2.24, 2.45) is 0 Å². The van der Waals surface area contributed by atoms with Crippen molar-refractivity contribution in [2.45, 2.75) is 56.9 Å². The molecule has 3 N–H and O–H groups in total. The summed E-state index contributed by atoms with van der Waals surface area (Å²) in [5, 5.41) is 29.8. The van der Waals surface area contributed by atoms with Crippen molar-refractivity contribution >= 4 is 5.97 Å². The maximum Gasteiger partial charge on any atom is 0.337 e. The molecule has 1 rings (SSSR count). The first-order valence-corrected chi connectivity index (χ1v) is 5.99. The summed E-state index contributed by atoms with van der Waals surface area (Å²) < 4.78 is 15.5. The maximum absolute atomic E-state index is 11.4. The van der Waals surface area contributed by atoms with Crippen molar-refractivity contribution < 1.29 is 34.3 Å². The Hall–Kier alpha value is -0.730. The van der Waals surface area contributed by atoms with Crippen LogP contribution in [-0.2, 0) is 19.0 Å². The van der Waals surface area contributed by atoms with Crippen LogP contribution in [0.3, 0.4) is 0 Å². The van der Waals surface area contributed by atoms with Gasteiger partial charge < -0.3 is 29.5 Å². The van der Waals surface area contributed by atoms with Gasteiger partial charge in [-0.25, -0.2) is 4.79 Å². The van der Waals surface area contributed by atoms with Crippen LogP contribution in [0.2, 0.25) is 0 Å². The van der Waals surface area contributed by atoms with Crippen molar-refractivity contribution in [1.82, 2.24) is 0 Å². The third-order valence-corrected chi connectivity index (χ3v) is 3.63. The quantitative estimate of drug-likeness (QED) is 0.577. The molecule has 0 radical (unpaired) electrons. The highest BCUT2D eigenvalue weighted by atomic mass is 16.8. The number of aliphatic hydroxyl groups is 3. The molecular formula is C12H22O7. The molecule has 0 aromatic carbocycles. The highest BCUT2D eigenvalue weighted by Gasteiger charge is 2.63. The minimum Gasteiger partial charge on any atom is -0.467 e. The Morgan fingerprint density at radius 2 is 2.00 bits per heavy atom. The molecule has 0 bridgehead atoms. The van der Waals surface area contributed by atoms with Crippen LogP contribution in [0.15, 0.2) is 0 Å². The molecule has 0 aliphatic carbocycles. The molecule has 0 unspecified atom stereocenters. The van der Waals surface area contributed by atoms with Gasteiger partial charge in [-0.2, -0.15) is 0 Å². The number of aliphatic hydroxyl groups excluding tert-OH is 2. The van der Waals surface area contributed by atoms with E-state index in [1.165, 1.54) is 13.8 Å². The van der Waals surface area contributed by atoms with Crippen molar-refractivity contribution in [3.05, 3.63) is 0 Å². The number of esters is 1. The largest absolute Gasteiger partial charge is 0.467 e. The number of hydrogen-bond acceptors (Lipinski definition) is 7. The van der Waals surface area contributed by atoms with Crippen molar-refractivity contribution in [3.8, 4) is 0 Å². The zero-order valence-electron chi connectivity index (χ0n) is 11.8. The maximum atomic E-state index is 11.4. The van der Waals surface area contributed by atoms with Gasteiger partial charge in [0.2, 0.25) is 0 Å². The highest BCUT2D eigenvalue weighted by Crippen LogP contribution is 2.44. The van der Waals surface area contributed by atoms with Gasteiger partial charge in [0.1, 0.15) is 17.3 Å². The van der Waals surface area contributed by atoms with E-state index >= 15 is 0 Å². The first kappa shape index (κ1) is 16.3. The van der Waals surface area contributed by atoms with E-state index in [-0.39, 0.29) is 0 Å². The predicted molar refractivity (Wildman–Crippen MR) is 64.2 cm³/mol. The first-order valence-electron chi connectivity index (χ1n) is 5.99. The SMILES string of the molecule is COC(=O)[C@H](O)[C@](C)(O)[C@]1(C)OC(C)(C)O[C@@H]1CO. The number of carbonyl (C=O) groups is 1.